The molecular weight excluding hydrogens is 224 g/mol. The first kappa shape index (κ1) is 11.0. The number of hydrogen-bond acceptors (Lipinski definition) is 3. The molecule has 18 heavy (non-hydrogen) atoms. The molecule has 0 radical (unpaired) electrons. The highest BCUT2D eigenvalue weighted by Gasteiger charge is 2.15. The van der Waals surface area contributed by atoms with E-state index in [1.165, 1.54) is 5.39 Å². The van der Waals surface area contributed by atoms with Gasteiger partial charge in [0.2, 0.25) is 0 Å². The molecule has 0 amide bonds. The number of benzene rings is 1. The number of fused-ring (bicyclic) bond motifs is 1. The molecule has 2 heterocycles. The Hall–Kier alpha value is -2.13. The fourth-order valence-electron chi connectivity index (χ4n) is 2.31. The van der Waals surface area contributed by atoms with E-state index in [0.29, 0.717) is 0 Å². The number of hydrogen-bond donors (Lipinski definition) is 1. The summed E-state index contributed by atoms with van der Waals surface area (Å²) >= 11 is 0. The number of furan rings is 1. The molecule has 1 atom stereocenters. The standard InChI is InChI=1S/C15H14N2O/c1-16-15(12-6-7-18-10-12)14-9-17-8-11-4-2-3-5-13(11)14/h2-10,15-16H,1H3. The largest absolute Gasteiger partial charge is 0.472 e. The van der Waals surface area contributed by atoms with Crippen LogP contribution in [0, 0.1) is 0 Å². The Kier molecular flexibility index (Phi) is 2.82. The van der Waals surface area contributed by atoms with Gasteiger partial charge in [-0.05, 0) is 24.1 Å². The van der Waals surface area contributed by atoms with Crippen molar-refractivity contribution in [2.24, 2.45) is 0 Å². The van der Waals surface area contributed by atoms with Crippen molar-refractivity contribution in [3.8, 4) is 0 Å². The maximum absolute atomic E-state index is 5.17. The van der Waals surface area contributed by atoms with Crippen LogP contribution in [0.4, 0.5) is 0 Å². The van der Waals surface area contributed by atoms with E-state index >= 15 is 0 Å². The molecule has 0 aliphatic carbocycles. The van der Waals surface area contributed by atoms with E-state index in [1.54, 1.807) is 12.5 Å². The Morgan fingerprint density at radius 3 is 2.83 bits per heavy atom. The van der Waals surface area contributed by atoms with Crippen LogP contribution < -0.4 is 5.32 Å². The van der Waals surface area contributed by atoms with Gasteiger partial charge in [-0.1, -0.05) is 24.3 Å². The van der Waals surface area contributed by atoms with Crippen LogP contribution in [0.15, 0.2) is 59.7 Å². The zero-order chi connectivity index (χ0) is 12.4. The molecule has 0 bridgehead atoms. The van der Waals surface area contributed by atoms with Crippen LogP contribution in [0.5, 0.6) is 0 Å². The van der Waals surface area contributed by atoms with Gasteiger partial charge in [-0.2, -0.15) is 0 Å². The lowest BCUT2D eigenvalue weighted by atomic mass is 9.98. The molecule has 90 valence electrons. The van der Waals surface area contributed by atoms with Gasteiger partial charge in [0, 0.05) is 23.3 Å². The second kappa shape index (κ2) is 4.63. The molecule has 0 fully saturated rings. The number of aromatic nitrogens is 1. The monoisotopic (exact) mass is 238 g/mol. The Bertz CT molecular complexity index is 641. The van der Waals surface area contributed by atoms with Gasteiger partial charge in [0.05, 0.1) is 18.6 Å². The molecule has 0 spiro atoms. The number of rotatable bonds is 3. The second-order valence-corrected chi connectivity index (χ2v) is 4.23. The van der Waals surface area contributed by atoms with E-state index in [-0.39, 0.29) is 6.04 Å². The third-order valence-corrected chi connectivity index (χ3v) is 3.18. The van der Waals surface area contributed by atoms with Gasteiger partial charge in [-0.25, -0.2) is 0 Å². The van der Waals surface area contributed by atoms with Gasteiger partial charge < -0.3 is 9.73 Å². The quantitative estimate of drug-likeness (QED) is 0.761. The van der Waals surface area contributed by atoms with Crippen LogP contribution in [-0.2, 0) is 0 Å². The maximum Gasteiger partial charge on any atom is 0.0953 e. The minimum atomic E-state index is 0.0994. The molecule has 2 aromatic heterocycles. The fraction of sp³-hybridized carbons (Fsp3) is 0.133. The van der Waals surface area contributed by atoms with Crippen molar-refractivity contribution in [3.05, 3.63) is 66.4 Å². The minimum absolute atomic E-state index is 0.0994. The topological polar surface area (TPSA) is 38.1 Å². The van der Waals surface area contributed by atoms with Crippen LogP contribution >= 0.6 is 0 Å². The molecule has 0 saturated heterocycles. The van der Waals surface area contributed by atoms with Crippen molar-refractivity contribution < 1.29 is 4.42 Å². The minimum Gasteiger partial charge on any atom is -0.472 e. The van der Waals surface area contributed by atoms with Gasteiger partial charge >= 0.3 is 0 Å². The molecule has 1 unspecified atom stereocenters. The Morgan fingerprint density at radius 1 is 1.17 bits per heavy atom. The van der Waals surface area contributed by atoms with E-state index in [9.17, 15) is 0 Å². The van der Waals surface area contributed by atoms with Crippen LogP contribution in [0.3, 0.4) is 0 Å². The van der Waals surface area contributed by atoms with E-state index in [2.05, 4.69) is 22.4 Å². The van der Waals surface area contributed by atoms with Gasteiger partial charge in [-0.15, -0.1) is 0 Å². The van der Waals surface area contributed by atoms with Gasteiger partial charge in [-0.3, -0.25) is 4.98 Å². The van der Waals surface area contributed by atoms with E-state index in [0.717, 1.165) is 16.5 Å². The highest BCUT2D eigenvalue weighted by Crippen LogP contribution is 2.27. The molecule has 3 nitrogen and oxygen atoms in total. The summed E-state index contributed by atoms with van der Waals surface area (Å²) in [6.45, 7) is 0. The molecule has 1 aromatic carbocycles. The molecule has 0 saturated carbocycles. The van der Waals surface area contributed by atoms with Crippen LogP contribution in [0.2, 0.25) is 0 Å². The first-order valence-corrected chi connectivity index (χ1v) is 5.92. The lowest BCUT2D eigenvalue weighted by molar-refractivity contribution is 0.557. The predicted octanol–water partition coefficient (Wildman–Crippen LogP) is 3.14. The first-order valence-electron chi connectivity index (χ1n) is 5.92. The maximum atomic E-state index is 5.17. The van der Waals surface area contributed by atoms with Crippen LogP contribution in [0.1, 0.15) is 17.2 Å². The van der Waals surface area contributed by atoms with E-state index in [4.69, 9.17) is 4.42 Å². The third-order valence-electron chi connectivity index (χ3n) is 3.18. The van der Waals surface area contributed by atoms with E-state index < -0.39 is 0 Å². The van der Waals surface area contributed by atoms with Crippen molar-refractivity contribution in [2.45, 2.75) is 6.04 Å². The fourth-order valence-corrected chi connectivity index (χ4v) is 2.31. The first-order chi connectivity index (χ1) is 8.90. The summed E-state index contributed by atoms with van der Waals surface area (Å²) < 4.78 is 5.17. The molecule has 3 rings (SSSR count). The average molecular weight is 238 g/mol. The molecule has 0 aliphatic heterocycles. The summed E-state index contributed by atoms with van der Waals surface area (Å²) in [5.41, 5.74) is 2.27. The van der Waals surface area contributed by atoms with Crippen LogP contribution in [0.25, 0.3) is 10.8 Å². The summed E-state index contributed by atoms with van der Waals surface area (Å²) in [6, 6.07) is 10.4. The summed E-state index contributed by atoms with van der Waals surface area (Å²) in [4.78, 5) is 4.32. The smallest absolute Gasteiger partial charge is 0.0953 e. The number of nitrogens with one attached hydrogen (secondary N) is 1. The number of nitrogens with zero attached hydrogens (tertiary/aromatic N) is 1. The summed E-state index contributed by atoms with van der Waals surface area (Å²) in [5, 5.41) is 5.68. The van der Waals surface area contributed by atoms with E-state index in [1.807, 2.05) is 37.6 Å². The lowest BCUT2D eigenvalue weighted by Gasteiger charge is -2.16. The molecule has 3 aromatic rings. The summed E-state index contributed by atoms with van der Waals surface area (Å²) in [5.74, 6) is 0. The highest BCUT2D eigenvalue weighted by molar-refractivity contribution is 5.85. The van der Waals surface area contributed by atoms with Crippen LogP contribution in [-0.4, -0.2) is 12.0 Å². The Morgan fingerprint density at radius 2 is 2.06 bits per heavy atom. The zero-order valence-electron chi connectivity index (χ0n) is 10.1. The van der Waals surface area contributed by atoms with Crippen molar-refractivity contribution in [1.29, 1.82) is 0 Å². The van der Waals surface area contributed by atoms with Crippen molar-refractivity contribution >= 4 is 10.8 Å². The van der Waals surface area contributed by atoms with Crippen molar-refractivity contribution in [3.63, 3.8) is 0 Å². The molecular formula is C15H14N2O. The summed E-state index contributed by atoms with van der Waals surface area (Å²) in [6.07, 6.45) is 7.26. The molecule has 1 N–H and O–H groups in total. The predicted molar refractivity (Wildman–Crippen MR) is 71.4 cm³/mol. The molecule has 3 heteroatoms. The Labute approximate surface area is 105 Å². The lowest BCUT2D eigenvalue weighted by Crippen LogP contribution is -2.17. The number of pyridine rings is 1. The van der Waals surface area contributed by atoms with Gasteiger partial charge in [0.15, 0.2) is 0 Å². The highest BCUT2D eigenvalue weighted by atomic mass is 16.3. The molecule has 0 aliphatic rings. The van der Waals surface area contributed by atoms with Gasteiger partial charge in [0.25, 0.3) is 0 Å². The van der Waals surface area contributed by atoms with Crippen molar-refractivity contribution in [1.82, 2.24) is 10.3 Å². The third kappa shape index (κ3) is 1.79. The van der Waals surface area contributed by atoms with Gasteiger partial charge in [0.1, 0.15) is 0 Å². The van der Waals surface area contributed by atoms with Crippen molar-refractivity contribution in [2.75, 3.05) is 7.05 Å². The SMILES string of the molecule is CNC(c1ccoc1)c1cncc2ccccc12. The summed E-state index contributed by atoms with van der Waals surface area (Å²) in [7, 11) is 1.94. The normalized spacial score (nSPS) is 12.7. The second-order valence-electron chi connectivity index (χ2n) is 4.23. The average Bonchev–Trinajstić information content (AvgIpc) is 2.94. The Balaban J connectivity index is 2.18. The zero-order valence-corrected chi connectivity index (χ0v) is 10.1.